The Bertz CT molecular complexity index is 976. The van der Waals surface area contributed by atoms with Crippen molar-refractivity contribution in [3.05, 3.63) is 100 Å². The molecule has 0 fully saturated rings. The molecule has 1 unspecified atom stereocenters. The van der Waals surface area contributed by atoms with Crippen LogP contribution in [0, 0.1) is 0 Å². The predicted molar refractivity (Wildman–Crippen MR) is 137 cm³/mol. The molecule has 0 amide bonds. The number of likely N-dealkylation sites (N-methyl/N-ethyl adjacent to an activating group) is 1. The zero-order valence-corrected chi connectivity index (χ0v) is 20.5. The lowest BCUT2D eigenvalue weighted by Crippen LogP contribution is -2.19. The van der Waals surface area contributed by atoms with Gasteiger partial charge in [-0.05, 0) is 72.6 Å². The van der Waals surface area contributed by atoms with Crippen LogP contribution in [0.5, 0.6) is 5.75 Å². The van der Waals surface area contributed by atoms with E-state index in [1.54, 1.807) is 0 Å². The number of hydrogen-bond donors (Lipinski definition) is 0. The number of allylic oxidation sites excluding steroid dienone is 2. The van der Waals surface area contributed by atoms with Crippen LogP contribution in [-0.4, -0.2) is 32.1 Å². The van der Waals surface area contributed by atoms with Crippen molar-refractivity contribution in [2.45, 2.75) is 26.2 Å². The van der Waals surface area contributed by atoms with Crippen molar-refractivity contribution in [3.63, 3.8) is 0 Å². The number of nitrogens with zero attached hydrogens (tertiary/aromatic N) is 1. The van der Waals surface area contributed by atoms with E-state index in [4.69, 9.17) is 4.74 Å². The fraction of sp³-hybridized carbons (Fsp3) is 0.286. The van der Waals surface area contributed by atoms with Gasteiger partial charge in [0.25, 0.3) is 0 Å². The molecule has 3 rings (SSSR count). The number of halogens is 1. The van der Waals surface area contributed by atoms with E-state index in [0.29, 0.717) is 6.61 Å². The number of rotatable bonds is 9. The molecule has 3 heteroatoms. The van der Waals surface area contributed by atoms with Gasteiger partial charge in [-0.3, -0.25) is 0 Å². The first-order chi connectivity index (χ1) is 15.0. The molecule has 3 aromatic carbocycles. The number of ether oxygens (including phenoxy) is 1. The minimum atomic E-state index is 0.267. The van der Waals surface area contributed by atoms with Crippen LogP contribution in [-0.2, 0) is 0 Å². The Hall–Kier alpha value is -2.36. The summed E-state index contributed by atoms with van der Waals surface area (Å²) in [6, 6.07) is 28.0. The van der Waals surface area contributed by atoms with Gasteiger partial charge in [0.05, 0.1) is 0 Å². The Balaban J connectivity index is 2.01. The number of hydrogen-bond acceptors (Lipinski definition) is 2. The first-order valence-corrected chi connectivity index (χ1v) is 11.7. The summed E-state index contributed by atoms with van der Waals surface area (Å²) in [5.74, 6) is 1.18. The van der Waals surface area contributed by atoms with Crippen molar-refractivity contribution < 1.29 is 4.74 Å². The second-order valence-corrected chi connectivity index (χ2v) is 8.98. The molecule has 2 nitrogen and oxygen atoms in total. The monoisotopic (exact) mass is 477 g/mol. The van der Waals surface area contributed by atoms with Crippen LogP contribution in [0.4, 0.5) is 0 Å². The predicted octanol–water partition coefficient (Wildman–Crippen LogP) is 7.51. The van der Waals surface area contributed by atoms with Gasteiger partial charge < -0.3 is 9.64 Å². The molecule has 0 aliphatic rings. The molecule has 0 N–H and O–H groups in total. The van der Waals surface area contributed by atoms with Crippen LogP contribution in [0.3, 0.4) is 0 Å². The van der Waals surface area contributed by atoms with Crippen LogP contribution < -0.4 is 4.74 Å². The summed E-state index contributed by atoms with van der Waals surface area (Å²) >= 11 is 3.56. The maximum absolute atomic E-state index is 5.92. The largest absolute Gasteiger partial charge is 0.492 e. The second-order valence-electron chi connectivity index (χ2n) is 8.06. The van der Waals surface area contributed by atoms with Crippen LogP contribution in [0.2, 0.25) is 0 Å². The average molecular weight is 478 g/mol. The first-order valence-electron chi connectivity index (χ1n) is 10.9. The molecular formula is C28H32BrNO. The third-order valence-electron chi connectivity index (χ3n) is 5.58. The normalized spacial score (nSPS) is 13.1. The maximum Gasteiger partial charge on any atom is 0.119 e. The average Bonchev–Trinajstić information content (AvgIpc) is 2.78. The van der Waals surface area contributed by atoms with Gasteiger partial charge in [-0.15, -0.1) is 0 Å². The summed E-state index contributed by atoms with van der Waals surface area (Å²) in [6.07, 6.45) is 0.974. The number of benzene rings is 3. The van der Waals surface area contributed by atoms with Crippen molar-refractivity contribution in [2.75, 3.05) is 27.2 Å². The van der Waals surface area contributed by atoms with Crippen molar-refractivity contribution >= 4 is 27.1 Å². The van der Waals surface area contributed by atoms with Crippen LogP contribution in [0.1, 0.15) is 42.9 Å². The van der Waals surface area contributed by atoms with E-state index < -0.39 is 0 Å². The summed E-state index contributed by atoms with van der Waals surface area (Å²) < 4.78 is 7.02. The quantitative estimate of drug-likeness (QED) is 0.295. The lowest BCUT2D eigenvalue weighted by atomic mass is 9.82. The van der Waals surface area contributed by atoms with Crippen molar-refractivity contribution in [3.8, 4) is 5.75 Å². The summed E-state index contributed by atoms with van der Waals surface area (Å²) in [6.45, 7) is 6.14. The lowest BCUT2D eigenvalue weighted by molar-refractivity contribution is 0.261. The summed E-state index contributed by atoms with van der Waals surface area (Å²) in [7, 11) is 4.12. The highest BCUT2D eigenvalue weighted by Crippen LogP contribution is 2.40. The van der Waals surface area contributed by atoms with Crippen molar-refractivity contribution in [2.24, 2.45) is 0 Å². The molecule has 0 bridgehead atoms. The zero-order valence-electron chi connectivity index (χ0n) is 18.9. The van der Waals surface area contributed by atoms with Crippen molar-refractivity contribution in [1.29, 1.82) is 0 Å². The van der Waals surface area contributed by atoms with Gasteiger partial charge in [0, 0.05) is 16.9 Å². The zero-order chi connectivity index (χ0) is 22.2. The molecule has 0 spiro atoms. The first kappa shape index (κ1) is 23.3. The Morgan fingerprint density at radius 1 is 0.871 bits per heavy atom. The van der Waals surface area contributed by atoms with E-state index in [2.05, 4.69) is 128 Å². The molecule has 1 atom stereocenters. The highest BCUT2D eigenvalue weighted by molar-refractivity contribution is 9.10. The van der Waals surface area contributed by atoms with E-state index in [0.717, 1.165) is 23.2 Å². The maximum atomic E-state index is 5.92. The minimum absolute atomic E-state index is 0.267. The van der Waals surface area contributed by atoms with Crippen LogP contribution in [0.15, 0.2) is 83.3 Å². The molecule has 0 aliphatic carbocycles. The van der Waals surface area contributed by atoms with Crippen LogP contribution in [0.25, 0.3) is 11.1 Å². The smallest absolute Gasteiger partial charge is 0.119 e. The standard InChI is InChI=1S/C28H32BrNO/c1-5-27(23-9-7-6-8-10-23)28(21(2)22-11-15-25(29)16-12-22)24-13-17-26(18-14-24)31-20-19-30(3)4/h6-18,21H,5,19-20H2,1-4H3/b28-27-. The van der Waals surface area contributed by atoms with E-state index in [-0.39, 0.29) is 5.92 Å². The lowest BCUT2D eigenvalue weighted by Gasteiger charge is -2.23. The molecular weight excluding hydrogens is 446 g/mol. The Morgan fingerprint density at radius 3 is 2.10 bits per heavy atom. The highest BCUT2D eigenvalue weighted by Gasteiger charge is 2.19. The topological polar surface area (TPSA) is 12.5 Å². The van der Waals surface area contributed by atoms with Gasteiger partial charge >= 0.3 is 0 Å². The molecule has 3 aromatic rings. The molecule has 0 saturated heterocycles. The summed E-state index contributed by atoms with van der Waals surface area (Å²) in [5, 5.41) is 0. The summed E-state index contributed by atoms with van der Waals surface area (Å²) in [4.78, 5) is 2.13. The van der Waals surface area contributed by atoms with E-state index in [9.17, 15) is 0 Å². The van der Waals surface area contributed by atoms with E-state index in [1.807, 2.05) is 0 Å². The van der Waals surface area contributed by atoms with Gasteiger partial charge in [0.2, 0.25) is 0 Å². The van der Waals surface area contributed by atoms with Crippen molar-refractivity contribution in [1.82, 2.24) is 4.90 Å². The third-order valence-corrected chi connectivity index (χ3v) is 6.11. The molecule has 0 saturated carbocycles. The second kappa shape index (κ2) is 11.3. The van der Waals surface area contributed by atoms with Gasteiger partial charge in [-0.1, -0.05) is 84.4 Å². The van der Waals surface area contributed by atoms with Gasteiger partial charge in [0.15, 0.2) is 0 Å². The van der Waals surface area contributed by atoms with E-state index >= 15 is 0 Å². The Labute approximate surface area is 195 Å². The highest BCUT2D eigenvalue weighted by atomic mass is 79.9. The van der Waals surface area contributed by atoms with E-state index in [1.165, 1.54) is 27.8 Å². The Morgan fingerprint density at radius 2 is 1.52 bits per heavy atom. The minimum Gasteiger partial charge on any atom is -0.492 e. The molecule has 31 heavy (non-hydrogen) atoms. The van der Waals surface area contributed by atoms with Gasteiger partial charge in [0.1, 0.15) is 12.4 Å². The molecule has 0 radical (unpaired) electrons. The third kappa shape index (κ3) is 6.32. The molecule has 0 aliphatic heterocycles. The summed E-state index contributed by atoms with van der Waals surface area (Å²) in [5.41, 5.74) is 6.60. The fourth-order valence-corrected chi connectivity index (χ4v) is 4.13. The van der Waals surface area contributed by atoms with Crippen LogP contribution >= 0.6 is 15.9 Å². The molecule has 0 aromatic heterocycles. The Kier molecular flexibility index (Phi) is 8.51. The SMILES string of the molecule is CC/C(=C(/c1ccc(OCCN(C)C)cc1)C(C)c1ccc(Br)cc1)c1ccccc1. The van der Waals surface area contributed by atoms with Gasteiger partial charge in [-0.25, -0.2) is 0 Å². The molecule has 0 heterocycles. The fourth-order valence-electron chi connectivity index (χ4n) is 3.87. The van der Waals surface area contributed by atoms with Gasteiger partial charge in [-0.2, -0.15) is 0 Å². The molecule has 162 valence electrons.